The summed E-state index contributed by atoms with van der Waals surface area (Å²) in [7, 11) is -11.1. The predicted molar refractivity (Wildman–Crippen MR) is 181 cm³/mol. The molecule has 0 aliphatic carbocycles. The minimum Gasteiger partial charge on any atom is -0.374 e. The van der Waals surface area contributed by atoms with Crippen LogP contribution in [0.3, 0.4) is 0 Å². The van der Waals surface area contributed by atoms with E-state index in [0.717, 1.165) is 11.1 Å². The molecule has 0 bridgehead atoms. The zero-order chi connectivity index (χ0) is 33.3. The molecule has 11 heteroatoms. The van der Waals surface area contributed by atoms with Gasteiger partial charge in [0.05, 0.1) is 0 Å². The number of carbonyl (C=O) groups is 2. The topological polar surface area (TPSA) is 97.4 Å². The van der Waals surface area contributed by atoms with Gasteiger partial charge in [0.1, 0.15) is 0 Å². The third-order valence-corrected chi connectivity index (χ3v) is 16.8. The summed E-state index contributed by atoms with van der Waals surface area (Å²) in [5, 5.41) is 0. The van der Waals surface area contributed by atoms with Crippen LogP contribution in [-0.4, -0.2) is 61.2 Å². The molecule has 0 atom stereocenters. The average Bonchev–Trinajstić information content (AvgIpc) is 2.92. The van der Waals surface area contributed by atoms with Crippen LogP contribution in [0.1, 0.15) is 88.2 Å². The summed E-state index contributed by atoms with van der Waals surface area (Å²) in [5.41, 5.74) is 5.78. The zero-order valence-electron chi connectivity index (χ0n) is 28.3. The third-order valence-electron chi connectivity index (χ3n) is 7.36. The summed E-state index contributed by atoms with van der Waals surface area (Å²) >= 11 is 0. The van der Waals surface area contributed by atoms with Crippen molar-refractivity contribution in [3.05, 3.63) is 81.1 Å². The Kier molecular flexibility index (Phi) is 14.3. The van der Waals surface area contributed by atoms with Crippen LogP contribution in [-0.2, 0) is 26.4 Å². The summed E-state index contributed by atoms with van der Waals surface area (Å²) in [6.45, 7) is 23.7. The molecule has 0 aliphatic rings. The smallest absolute Gasteiger partial charge is 0.374 e. The lowest BCUT2D eigenvalue weighted by atomic mass is 10.0. The molecule has 44 heavy (non-hydrogen) atoms. The lowest BCUT2D eigenvalue weighted by molar-refractivity contribution is 0.0570. The molecule has 0 radical (unpaired) electrons. The van der Waals surface area contributed by atoms with Crippen LogP contribution in [0.4, 0.5) is 0 Å². The van der Waals surface area contributed by atoms with Crippen molar-refractivity contribution in [2.75, 3.05) is 32.6 Å². The van der Waals surface area contributed by atoms with Crippen LogP contribution in [0.25, 0.3) is 0 Å². The van der Waals surface area contributed by atoms with E-state index >= 15 is 4.57 Å². The van der Waals surface area contributed by atoms with Gasteiger partial charge in [0.15, 0.2) is 0 Å². The Bertz CT molecular complexity index is 1260. The molecule has 2 rings (SSSR count). The highest BCUT2D eigenvalue weighted by atomic mass is 31.2. The van der Waals surface area contributed by atoms with Gasteiger partial charge in [0, 0.05) is 49.8 Å². The van der Waals surface area contributed by atoms with Gasteiger partial charge in [-0.1, -0.05) is 42.0 Å². The molecule has 0 saturated carbocycles. The highest BCUT2D eigenvalue weighted by Gasteiger charge is 2.53. The van der Waals surface area contributed by atoms with E-state index in [1.165, 1.54) is 0 Å². The highest BCUT2D eigenvalue weighted by molar-refractivity contribution is 7.95. The van der Waals surface area contributed by atoms with Gasteiger partial charge in [0.2, 0.25) is 18.2 Å². The number of hydrogen-bond donors (Lipinski definition) is 0. The molecule has 0 N–H and O–H groups in total. The molecule has 0 aromatic heterocycles. The number of carbonyl (C=O) groups excluding carboxylic acids is 2. The van der Waals surface area contributed by atoms with E-state index in [-0.39, 0.29) is 18.6 Å². The van der Waals surface area contributed by atoms with Crippen molar-refractivity contribution in [1.82, 2.24) is 0 Å². The predicted octanol–water partition coefficient (Wildman–Crippen LogP) is 8.04. The first-order valence-electron chi connectivity index (χ1n) is 15.4. The van der Waals surface area contributed by atoms with Crippen LogP contribution < -0.4 is 0 Å². The normalized spacial score (nSPS) is 12.4. The van der Waals surface area contributed by atoms with E-state index in [2.05, 4.69) is 6.58 Å². The fraction of sp³-hybridized carbons (Fsp3) is 0.515. The maximum absolute atomic E-state index is 15.1. The molecule has 0 fully saturated rings. The maximum Gasteiger partial charge on any atom is 0.521 e. The Balaban J connectivity index is 2.64. The number of aryl methyl sites for hydroxylation is 6. The molecule has 2 aromatic rings. The van der Waals surface area contributed by atoms with E-state index < -0.39 is 35.8 Å². The van der Waals surface area contributed by atoms with Crippen LogP contribution >= 0.6 is 7.14 Å². The van der Waals surface area contributed by atoms with Crippen molar-refractivity contribution in [3.63, 3.8) is 0 Å². The molecule has 0 aliphatic heterocycles. The van der Waals surface area contributed by atoms with Crippen molar-refractivity contribution >= 4 is 35.8 Å². The Hall–Kier alpha value is -2.02. The van der Waals surface area contributed by atoms with Crippen molar-refractivity contribution in [3.8, 4) is 0 Å². The first-order valence-corrected chi connectivity index (χ1v) is 21.0. The largest absolute Gasteiger partial charge is 0.521 e. The summed E-state index contributed by atoms with van der Waals surface area (Å²) in [4.78, 5) is 28.7. The van der Waals surface area contributed by atoms with Gasteiger partial charge >= 0.3 is 17.6 Å². The Labute approximate surface area is 266 Å². The highest BCUT2D eigenvalue weighted by Crippen LogP contribution is 2.54. The van der Waals surface area contributed by atoms with Crippen LogP contribution in [0.15, 0.2) is 36.5 Å². The second kappa shape index (κ2) is 16.5. The van der Waals surface area contributed by atoms with E-state index in [4.69, 9.17) is 21.8 Å². The second-order valence-corrected chi connectivity index (χ2v) is 19.2. The quantitative estimate of drug-likeness (QED) is 0.110. The zero-order valence-corrected chi connectivity index (χ0v) is 31.2. The fourth-order valence-electron chi connectivity index (χ4n) is 5.82. The van der Waals surface area contributed by atoms with Gasteiger partial charge in [-0.05, 0) is 104 Å². The molecule has 2 aromatic carbocycles. The fourth-order valence-corrected chi connectivity index (χ4v) is 15.1. The first kappa shape index (κ1) is 38.2. The summed E-state index contributed by atoms with van der Waals surface area (Å²) in [6, 6.07) is 7.74. The van der Waals surface area contributed by atoms with Gasteiger partial charge in [-0.3, -0.25) is 9.59 Å². The molecule has 0 spiro atoms. The van der Waals surface area contributed by atoms with Gasteiger partial charge < -0.3 is 26.4 Å². The Morgan fingerprint density at radius 1 is 0.705 bits per heavy atom. The lowest BCUT2D eigenvalue weighted by Gasteiger charge is -2.36. The van der Waals surface area contributed by atoms with Crippen LogP contribution in [0.2, 0.25) is 6.04 Å². The lowest BCUT2D eigenvalue weighted by Crippen LogP contribution is -2.58. The Morgan fingerprint density at radius 2 is 1.07 bits per heavy atom. The first-order chi connectivity index (χ1) is 20.7. The van der Waals surface area contributed by atoms with E-state index in [1.54, 1.807) is 5.70 Å². The van der Waals surface area contributed by atoms with Crippen LogP contribution in [0.5, 0.6) is 0 Å². The van der Waals surface area contributed by atoms with Crippen molar-refractivity contribution < 1.29 is 36.0 Å². The van der Waals surface area contributed by atoms with E-state index in [1.807, 2.05) is 93.5 Å². The van der Waals surface area contributed by atoms with Gasteiger partial charge in [0.25, 0.3) is 0 Å². The molecule has 8 nitrogen and oxygen atoms in total. The molecule has 0 amide bonds. The maximum atomic E-state index is 15.1. The van der Waals surface area contributed by atoms with Gasteiger partial charge in [-0.2, -0.15) is 0 Å². The monoisotopic (exact) mass is 662 g/mol. The van der Waals surface area contributed by atoms with Crippen LogP contribution in [0, 0.1) is 41.5 Å². The van der Waals surface area contributed by atoms with Crippen molar-refractivity contribution in [2.45, 2.75) is 81.7 Å². The summed E-state index contributed by atoms with van der Waals surface area (Å²) in [5.74, 6) is 0. The number of rotatable bonds is 19. The summed E-state index contributed by atoms with van der Waals surface area (Å²) < 4.78 is 45.9. The third kappa shape index (κ3) is 8.82. The van der Waals surface area contributed by atoms with Gasteiger partial charge in [-0.15, -0.1) is 0 Å². The average molecular weight is 663 g/mol. The van der Waals surface area contributed by atoms with E-state index in [0.29, 0.717) is 59.8 Å². The SMILES string of the molecule is C=C[Si](OCC)(OCC)O[Si](CCCP(=O)(C(=O)c1c(C)cc(C)cc1C)C(=O)c1c(C)cc(C)cc1C)(OCC)OCC. The van der Waals surface area contributed by atoms with Gasteiger partial charge in [-0.25, -0.2) is 0 Å². The minimum absolute atomic E-state index is 0.158. The molecule has 0 unspecified atom stereocenters. The molecule has 244 valence electrons. The van der Waals surface area contributed by atoms with Crippen molar-refractivity contribution in [2.24, 2.45) is 0 Å². The molecular weight excluding hydrogens is 612 g/mol. The van der Waals surface area contributed by atoms with Crippen molar-refractivity contribution in [1.29, 1.82) is 0 Å². The number of benzene rings is 2. The summed E-state index contributed by atoms with van der Waals surface area (Å²) in [6.07, 6.45) is 0.0309. The molecular formula is C33H51O8PSi2. The minimum atomic E-state index is -4.18. The van der Waals surface area contributed by atoms with E-state index in [9.17, 15) is 9.59 Å². The Morgan fingerprint density at radius 3 is 1.39 bits per heavy atom. The number of hydrogen-bond acceptors (Lipinski definition) is 8. The second-order valence-electron chi connectivity index (χ2n) is 11.0. The standard InChI is InChI=1S/C33H51O8PSi2/c1-12-37-43(16-5,38-13-2)41-44(39-14-3,40-15-4)19-17-18-42(36,32(34)30-26(8)20-24(6)21-27(30)9)33(35)31-28(10)22-25(7)23-29(31)11/h16,20-23H,5,12-15,17-19H2,1-4,6-11H3. The molecule has 0 heterocycles. The molecule has 0 saturated heterocycles.